The Morgan fingerprint density at radius 2 is 2.10 bits per heavy atom. The monoisotopic (exact) mass is 351 g/mol. The highest BCUT2D eigenvalue weighted by atomic mass is 79.9. The third-order valence-electron chi connectivity index (χ3n) is 3.83. The standard InChI is InChI=1S/C15H18BrN3O2/c1-2-20-15(5-3-4-6-15)14-18-13(21-19-14)10-7-11(16)9-12(17)8-10/h7-9H,2-6,17H2,1H3. The lowest BCUT2D eigenvalue weighted by atomic mass is 10.0. The smallest absolute Gasteiger partial charge is 0.258 e. The Morgan fingerprint density at radius 1 is 1.33 bits per heavy atom. The van der Waals surface area contributed by atoms with Gasteiger partial charge in [-0.25, -0.2) is 0 Å². The number of rotatable bonds is 4. The molecular formula is C15H18BrN3O2. The Balaban J connectivity index is 1.95. The predicted octanol–water partition coefficient (Wildman–Crippen LogP) is 3.89. The van der Waals surface area contributed by atoms with Crippen LogP contribution in [0.1, 0.15) is 38.4 Å². The molecule has 0 aliphatic heterocycles. The number of ether oxygens (including phenoxy) is 1. The third kappa shape index (κ3) is 2.82. The number of hydrogen-bond acceptors (Lipinski definition) is 5. The normalized spacial score (nSPS) is 17.2. The number of nitrogens with two attached hydrogens (primary N) is 1. The molecule has 1 aliphatic rings. The van der Waals surface area contributed by atoms with Gasteiger partial charge in [-0.1, -0.05) is 21.1 Å². The van der Waals surface area contributed by atoms with E-state index in [2.05, 4.69) is 26.1 Å². The Morgan fingerprint density at radius 3 is 2.76 bits per heavy atom. The lowest BCUT2D eigenvalue weighted by molar-refractivity contribution is -0.0469. The first kappa shape index (κ1) is 14.5. The van der Waals surface area contributed by atoms with Gasteiger partial charge in [-0.2, -0.15) is 4.98 Å². The van der Waals surface area contributed by atoms with E-state index in [-0.39, 0.29) is 5.60 Å². The number of benzene rings is 1. The molecule has 1 heterocycles. The van der Waals surface area contributed by atoms with E-state index in [9.17, 15) is 0 Å². The van der Waals surface area contributed by atoms with E-state index >= 15 is 0 Å². The predicted molar refractivity (Wildman–Crippen MR) is 83.6 cm³/mol. The van der Waals surface area contributed by atoms with E-state index < -0.39 is 0 Å². The topological polar surface area (TPSA) is 74.2 Å². The number of hydrogen-bond donors (Lipinski definition) is 1. The van der Waals surface area contributed by atoms with Crippen LogP contribution in [0.3, 0.4) is 0 Å². The molecule has 1 aromatic carbocycles. The Labute approximate surface area is 132 Å². The average molecular weight is 352 g/mol. The third-order valence-corrected chi connectivity index (χ3v) is 4.29. The van der Waals surface area contributed by atoms with Gasteiger partial charge in [0.25, 0.3) is 5.89 Å². The van der Waals surface area contributed by atoms with E-state index in [1.807, 2.05) is 25.1 Å². The molecule has 0 saturated heterocycles. The van der Waals surface area contributed by atoms with E-state index in [1.165, 1.54) is 0 Å². The largest absolute Gasteiger partial charge is 0.399 e. The molecule has 21 heavy (non-hydrogen) atoms. The SMILES string of the molecule is CCOC1(c2noc(-c3cc(N)cc(Br)c3)n2)CCCC1. The summed E-state index contributed by atoms with van der Waals surface area (Å²) in [6, 6.07) is 5.57. The van der Waals surface area contributed by atoms with Crippen LogP contribution in [0, 0.1) is 0 Å². The molecule has 1 saturated carbocycles. The minimum atomic E-state index is -0.381. The number of anilines is 1. The highest BCUT2D eigenvalue weighted by Gasteiger charge is 2.40. The molecule has 0 spiro atoms. The van der Waals surface area contributed by atoms with Gasteiger partial charge < -0.3 is 15.0 Å². The highest BCUT2D eigenvalue weighted by molar-refractivity contribution is 9.10. The van der Waals surface area contributed by atoms with Crippen LogP contribution in [0.2, 0.25) is 0 Å². The second kappa shape index (κ2) is 5.77. The molecular weight excluding hydrogens is 334 g/mol. The average Bonchev–Trinajstić information content (AvgIpc) is 3.07. The Kier molecular flexibility index (Phi) is 3.99. The maximum absolute atomic E-state index is 5.95. The maximum Gasteiger partial charge on any atom is 0.258 e. The maximum atomic E-state index is 5.95. The van der Waals surface area contributed by atoms with E-state index in [4.69, 9.17) is 15.0 Å². The molecule has 0 radical (unpaired) electrons. The lowest BCUT2D eigenvalue weighted by Gasteiger charge is -2.24. The molecule has 3 rings (SSSR count). The quantitative estimate of drug-likeness (QED) is 0.845. The van der Waals surface area contributed by atoms with Gasteiger partial charge in [0.1, 0.15) is 5.60 Å². The molecule has 2 N–H and O–H groups in total. The zero-order valence-electron chi connectivity index (χ0n) is 11.9. The van der Waals surface area contributed by atoms with Crippen molar-refractivity contribution in [3.63, 3.8) is 0 Å². The van der Waals surface area contributed by atoms with Crippen molar-refractivity contribution < 1.29 is 9.26 Å². The number of nitrogen functional groups attached to an aromatic ring is 1. The van der Waals surface area contributed by atoms with Crippen LogP contribution in [-0.2, 0) is 10.3 Å². The summed E-state index contributed by atoms with van der Waals surface area (Å²) in [5, 5.41) is 4.16. The van der Waals surface area contributed by atoms with Crippen molar-refractivity contribution in [1.29, 1.82) is 0 Å². The van der Waals surface area contributed by atoms with Crippen molar-refractivity contribution in [3.8, 4) is 11.5 Å². The van der Waals surface area contributed by atoms with Gasteiger partial charge >= 0.3 is 0 Å². The van der Waals surface area contributed by atoms with Gasteiger partial charge in [-0.15, -0.1) is 0 Å². The van der Waals surface area contributed by atoms with Crippen molar-refractivity contribution >= 4 is 21.6 Å². The first-order valence-electron chi connectivity index (χ1n) is 7.17. The van der Waals surface area contributed by atoms with Crippen molar-refractivity contribution in [2.45, 2.75) is 38.2 Å². The van der Waals surface area contributed by atoms with Gasteiger partial charge in [0, 0.05) is 22.3 Å². The minimum Gasteiger partial charge on any atom is -0.399 e. The van der Waals surface area contributed by atoms with Crippen LogP contribution in [0.25, 0.3) is 11.5 Å². The molecule has 0 amide bonds. The van der Waals surface area contributed by atoms with E-state index in [1.54, 1.807) is 0 Å². The summed E-state index contributed by atoms with van der Waals surface area (Å²) in [7, 11) is 0. The first-order chi connectivity index (χ1) is 10.1. The molecule has 1 aliphatic carbocycles. The van der Waals surface area contributed by atoms with Crippen LogP contribution in [0.4, 0.5) is 5.69 Å². The van der Waals surface area contributed by atoms with Gasteiger partial charge in [0.05, 0.1) is 0 Å². The summed E-state index contributed by atoms with van der Waals surface area (Å²) in [5.41, 5.74) is 6.94. The second-order valence-corrected chi connectivity index (χ2v) is 6.25. The summed E-state index contributed by atoms with van der Waals surface area (Å²) in [5.74, 6) is 1.12. The number of aromatic nitrogens is 2. The van der Waals surface area contributed by atoms with Gasteiger partial charge in [0.15, 0.2) is 0 Å². The summed E-state index contributed by atoms with van der Waals surface area (Å²) in [6.07, 6.45) is 4.16. The molecule has 1 aromatic heterocycles. The summed E-state index contributed by atoms with van der Waals surface area (Å²) in [6.45, 7) is 2.64. The van der Waals surface area contributed by atoms with Crippen molar-refractivity contribution in [2.75, 3.05) is 12.3 Å². The fourth-order valence-electron chi connectivity index (χ4n) is 2.92. The Hall–Kier alpha value is -1.40. The fraction of sp³-hybridized carbons (Fsp3) is 0.467. The van der Waals surface area contributed by atoms with Crippen molar-refractivity contribution in [1.82, 2.24) is 10.1 Å². The van der Waals surface area contributed by atoms with Crippen molar-refractivity contribution in [3.05, 3.63) is 28.5 Å². The fourth-order valence-corrected chi connectivity index (χ4v) is 3.43. The molecule has 0 unspecified atom stereocenters. The second-order valence-electron chi connectivity index (χ2n) is 5.33. The van der Waals surface area contributed by atoms with Crippen LogP contribution < -0.4 is 5.73 Å². The summed E-state index contributed by atoms with van der Waals surface area (Å²) >= 11 is 3.42. The molecule has 0 atom stereocenters. The zero-order valence-corrected chi connectivity index (χ0v) is 13.5. The van der Waals surface area contributed by atoms with E-state index in [0.29, 0.717) is 24.0 Å². The molecule has 5 nitrogen and oxygen atoms in total. The van der Waals surface area contributed by atoms with Crippen LogP contribution >= 0.6 is 15.9 Å². The van der Waals surface area contributed by atoms with Crippen LogP contribution in [-0.4, -0.2) is 16.7 Å². The molecule has 1 fully saturated rings. The Bertz CT molecular complexity index is 615. The molecule has 2 aromatic rings. The van der Waals surface area contributed by atoms with E-state index in [0.717, 1.165) is 35.7 Å². The summed E-state index contributed by atoms with van der Waals surface area (Å²) < 4.78 is 12.3. The molecule has 6 heteroatoms. The zero-order chi connectivity index (χ0) is 14.9. The minimum absolute atomic E-state index is 0.381. The van der Waals surface area contributed by atoms with Crippen LogP contribution in [0.5, 0.6) is 0 Å². The highest BCUT2D eigenvalue weighted by Crippen LogP contribution is 2.41. The van der Waals surface area contributed by atoms with Gasteiger partial charge in [-0.05, 0) is 50.8 Å². The van der Waals surface area contributed by atoms with Gasteiger partial charge in [0.2, 0.25) is 5.82 Å². The summed E-state index contributed by atoms with van der Waals surface area (Å²) in [4.78, 5) is 4.56. The lowest BCUT2D eigenvalue weighted by Crippen LogP contribution is -2.27. The van der Waals surface area contributed by atoms with Crippen molar-refractivity contribution in [2.24, 2.45) is 0 Å². The van der Waals surface area contributed by atoms with Gasteiger partial charge in [-0.3, -0.25) is 0 Å². The molecule has 0 bridgehead atoms. The van der Waals surface area contributed by atoms with Crippen LogP contribution in [0.15, 0.2) is 27.2 Å². The molecule has 112 valence electrons. The first-order valence-corrected chi connectivity index (χ1v) is 7.97. The number of halogens is 1. The number of nitrogens with zero attached hydrogens (tertiary/aromatic N) is 2.